The Kier molecular flexibility index (Phi) is 4.99. The molecule has 0 aliphatic heterocycles. The Morgan fingerprint density at radius 2 is 1.42 bits per heavy atom. The number of carboxylic acid groups (broad SMARTS) is 2. The average molecular weight is 349 g/mol. The van der Waals surface area contributed by atoms with Gasteiger partial charge in [-0.2, -0.15) is 0 Å². The molecule has 0 aliphatic carbocycles. The standard InChI is InChI=1S/C14H10O4.Pd/c15-13(16)11-8-4-7-10(12(11)14(17)18)9-5-2-1-3-6-9;/h1-8H,(H,15,16)(H,17,18);. The fourth-order valence-corrected chi connectivity index (χ4v) is 1.82. The van der Waals surface area contributed by atoms with E-state index in [1.807, 2.05) is 6.07 Å². The Labute approximate surface area is 123 Å². The zero-order valence-corrected chi connectivity index (χ0v) is 11.2. The summed E-state index contributed by atoms with van der Waals surface area (Å²) in [5.41, 5.74) is 0.695. The van der Waals surface area contributed by atoms with Crippen molar-refractivity contribution in [1.82, 2.24) is 0 Å². The van der Waals surface area contributed by atoms with Gasteiger partial charge in [-0.1, -0.05) is 42.5 Å². The molecule has 2 N–H and O–H groups in total. The summed E-state index contributed by atoms with van der Waals surface area (Å²) in [4.78, 5) is 22.3. The van der Waals surface area contributed by atoms with Gasteiger partial charge in [-0.15, -0.1) is 0 Å². The van der Waals surface area contributed by atoms with Gasteiger partial charge in [-0.05, 0) is 17.2 Å². The van der Waals surface area contributed by atoms with Crippen LogP contribution in [0.5, 0.6) is 0 Å². The summed E-state index contributed by atoms with van der Waals surface area (Å²) in [7, 11) is 0. The maximum atomic E-state index is 11.3. The molecule has 0 atom stereocenters. The fourth-order valence-electron chi connectivity index (χ4n) is 1.82. The average Bonchev–Trinajstić information content (AvgIpc) is 2.38. The van der Waals surface area contributed by atoms with E-state index in [-0.39, 0.29) is 31.5 Å². The Balaban J connectivity index is 0.00000180. The second kappa shape index (κ2) is 6.28. The van der Waals surface area contributed by atoms with Gasteiger partial charge in [0.1, 0.15) is 0 Å². The Morgan fingerprint density at radius 1 is 0.789 bits per heavy atom. The molecule has 2 rings (SSSR count). The second-order valence-electron chi connectivity index (χ2n) is 3.70. The van der Waals surface area contributed by atoms with Crippen LogP contribution in [0.4, 0.5) is 0 Å². The molecule has 0 spiro atoms. The minimum absolute atomic E-state index is 0. The number of carbonyl (C=O) groups is 2. The largest absolute Gasteiger partial charge is 0.478 e. The van der Waals surface area contributed by atoms with Crippen molar-refractivity contribution in [3.63, 3.8) is 0 Å². The maximum absolute atomic E-state index is 11.3. The molecule has 0 saturated heterocycles. The zero-order chi connectivity index (χ0) is 13.1. The maximum Gasteiger partial charge on any atom is 0.337 e. The molecule has 0 unspecified atom stereocenters. The molecule has 0 amide bonds. The molecular weight excluding hydrogens is 339 g/mol. The van der Waals surface area contributed by atoms with Crippen LogP contribution in [-0.4, -0.2) is 22.2 Å². The molecule has 19 heavy (non-hydrogen) atoms. The first-order valence-electron chi connectivity index (χ1n) is 5.26. The SMILES string of the molecule is O=C(O)c1cccc(-c2ccccc2)c1C(=O)O.[Pd]. The summed E-state index contributed by atoms with van der Waals surface area (Å²) in [5.74, 6) is -2.49. The Morgan fingerprint density at radius 3 is 1.95 bits per heavy atom. The van der Waals surface area contributed by atoms with Gasteiger partial charge in [-0.25, -0.2) is 9.59 Å². The van der Waals surface area contributed by atoms with Crippen LogP contribution < -0.4 is 0 Å². The zero-order valence-electron chi connectivity index (χ0n) is 9.65. The van der Waals surface area contributed by atoms with Crippen molar-refractivity contribution in [3.8, 4) is 11.1 Å². The minimum atomic E-state index is -1.25. The van der Waals surface area contributed by atoms with Gasteiger partial charge in [0.05, 0.1) is 11.1 Å². The quantitative estimate of drug-likeness (QED) is 0.836. The van der Waals surface area contributed by atoms with Gasteiger partial charge in [0.15, 0.2) is 0 Å². The predicted octanol–water partition coefficient (Wildman–Crippen LogP) is 2.75. The molecule has 5 heteroatoms. The van der Waals surface area contributed by atoms with E-state index >= 15 is 0 Å². The van der Waals surface area contributed by atoms with Crippen molar-refractivity contribution in [2.45, 2.75) is 0 Å². The van der Waals surface area contributed by atoms with Gasteiger partial charge >= 0.3 is 11.9 Å². The topological polar surface area (TPSA) is 74.6 Å². The summed E-state index contributed by atoms with van der Waals surface area (Å²) in [6.45, 7) is 0. The third-order valence-electron chi connectivity index (χ3n) is 2.59. The summed E-state index contributed by atoms with van der Waals surface area (Å²) >= 11 is 0. The molecule has 0 aliphatic rings. The van der Waals surface area contributed by atoms with Crippen molar-refractivity contribution < 1.29 is 40.2 Å². The second-order valence-corrected chi connectivity index (χ2v) is 3.70. The van der Waals surface area contributed by atoms with Gasteiger partial charge < -0.3 is 10.2 Å². The first-order valence-corrected chi connectivity index (χ1v) is 5.26. The van der Waals surface area contributed by atoms with Gasteiger partial charge in [0.2, 0.25) is 0 Å². The van der Waals surface area contributed by atoms with E-state index in [2.05, 4.69) is 0 Å². The van der Waals surface area contributed by atoms with E-state index in [0.29, 0.717) is 11.1 Å². The van der Waals surface area contributed by atoms with Crippen LogP contribution in [0.1, 0.15) is 20.7 Å². The smallest absolute Gasteiger partial charge is 0.337 e. The molecule has 0 fully saturated rings. The molecular formula is C14H10O4Pd. The van der Waals surface area contributed by atoms with E-state index in [0.717, 1.165) is 0 Å². The first-order chi connectivity index (χ1) is 8.61. The van der Waals surface area contributed by atoms with Gasteiger partial charge in [-0.3, -0.25) is 0 Å². The van der Waals surface area contributed by atoms with E-state index in [4.69, 9.17) is 5.11 Å². The summed E-state index contributed by atoms with van der Waals surface area (Å²) in [5, 5.41) is 18.2. The molecule has 100 valence electrons. The third kappa shape index (κ3) is 3.08. The first kappa shape index (κ1) is 15.1. The Hall–Kier alpha value is -1.96. The molecule has 2 aromatic carbocycles. The molecule has 2 aromatic rings. The van der Waals surface area contributed by atoms with Crippen molar-refractivity contribution in [3.05, 3.63) is 59.7 Å². The summed E-state index contributed by atoms with van der Waals surface area (Å²) in [6.07, 6.45) is 0. The molecule has 0 saturated carbocycles. The van der Waals surface area contributed by atoms with Crippen LogP contribution >= 0.6 is 0 Å². The number of aromatic carboxylic acids is 2. The normalized spacial score (nSPS) is 9.47. The van der Waals surface area contributed by atoms with Crippen LogP contribution in [0.15, 0.2) is 48.5 Å². The number of carboxylic acids is 2. The van der Waals surface area contributed by atoms with Crippen molar-refractivity contribution in [2.24, 2.45) is 0 Å². The number of hydrogen-bond acceptors (Lipinski definition) is 2. The molecule has 0 aromatic heterocycles. The van der Waals surface area contributed by atoms with Crippen LogP contribution in [0.25, 0.3) is 11.1 Å². The van der Waals surface area contributed by atoms with Crippen molar-refractivity contribution >= 4 is 11.9 Å². The van der Waals surface area contributed by atoms with Crippen LogP contribution in [0.3, 0.4) is 0 Å². The number of benzene rings is 2. The fraction of sp³-hybridized carbons (Fsp3) is 0. The van der Waals surface area contributed by atoms with Crippen molar-refractivity contribution in [2.75, 3.05) is 0 Å². The third-order valence-corrected chi connectivity index (χ3v) is 2.59. The summed E-state index contributed by atoms with van der Waals surface area (Å²) < 4.78 is 0. The van der Waals surface area contributed by atoms with E-state index in [1.54, 1.807) is 30.3 Å². The van der Waals surface area contributed by atoms with Gasteiger partial charge in [0.25, 0.3) is 0 Å². The van der Waals surface area contributed by atoms with E-state index in [1.165, 1.54) is 12.1 Å². The van der Waals surface area contributed by atoms with Crippen LogP contribution in [0, 0.1) is 0 Å². The van der Waals surface area contributed by atoms with E-state index < -0.39 is 11.9 Å². The monoisotopic (exact) mass is 348 g/mol. The number of hydrogen-bond donors (Lipinski definition) is 2. The Bertz CT molecular complexity index is 608. The summed E-state index contributed by atoms with van der Waals surface area (Å²) in [6, 6.07) is 13.3. The van der Waals surface area contributed by atoms with Crippen molar-refractivity contribution in [1.29, 1.82) is 0 Å². The molecule has 0 radical (unpaired) electrons. The van der Waals surface area contributed by atoms with Gasteiger partial charge in [0, 0.05) is 20.4 Å². The molecule has 0 bridgehead atoms. The predicted molar refractivity (Wildman–Crippen MR) is 65.8 cm³/mol. The minimum Gasteiger partial charge on any atom is -0.478 e. The van der Waals surface area contributed by atoms with E-state index in [9.17, 15) is 14.7 Å². The van der Waals surface area contributed by atoms with Crippen LogP contribution in [0.2, 0.25) is 0 Å². The number of rotatable bonds is 3. The molecule has 4 nitrogen and oxygen atoms in total. The molecule has 0 heterocycles. The van der Waals surface area contributed by atoms with Crippen LogP contribution in [-0.2, 0) is 20.4 Å².